The molecule has 1 aliphatic heterocycles. The molecule has 2 atom stereocenters. The fraction of sp³-hybridized carbons (Fsp3) is 0.500. The molecule has 0 radical (unpaired) electrons. The van der Waals surface area contributed by atoms with Crippen molar-refractivity contribution in [2.75, 3.05) is 31.3 Å². The van der Waals surface area contributed by atoms with Gasteiger partial charge in [0.2, 0.25) is 6.41 Å². The van der Waals surface area contributed by atoms with Crippen LogP contribution in [-0.4, -0.2) is 54.1 Å². The highest BCUT2D eigenvalue weighted by molar-refractivity contribution is 5.85. The summed E-state index contributed by atoms with van der Waals surface area (Å²) in [6, 6.07) is 7.12. The zero-order valence-electron chi connectivity index (χ0n) is 14.8. The maximum Gasteiger partial charge on any atom is 0.256 e. The lowest BCUT2D eigenvalue weighted by Crippen LogP contribution is -2.30. The highest BCUT2D eigenvalue weighted by Crippen LogP contribution is 2.27. The van der Waals surface area contributed by atoms with Gasteiger partial charge >= 0.3 is 0 Å². The van der Waals surface area contributed by atoms with Crippen LogP contribution in [-0.2, 0) is 14.2 Å². The van der Waals surface area contributed by atoms with Gasteiger partial charge in [0.05, 0.1) is 18.8 Å². The molecule has 0 saturated carbocycles. The topological polar surface area (TPSA) is 104 Å². The SMILES string of the molecule is CCOC(OCC)c1cc2ccc(N3C[C@H](CO)OC3O)cc2c(=O)[nH]1. The van der Waals surface area contributed by atoms with E-state index < -0.39 is 18.8 Å². The summed E-state index contributed by atoms with van der Waals surface area (Å²) in [6.45, 7) is 4.81. The van der Waals surface area contributed by atoms with Crippen molar-refractivity contribution in [1.82, 2.24) is 4.98 Å². The number of aromatic amines is 1. The first-order valence-electron chi connectivity index (χ1n) is 8.68. The third-order valence-electron chi connectivity index (χ3n) is 4.26. The van der Waals surface area contributed by atoms with Crippen LogP contribution >= 0.6 is 0 Å². The Bertz CT molecular complexity index is 802. The van der Waals surface area contributed by atoms with Gasteiger partial charge in [-0.25, -0.2) is 0 Å². The van der Waals surface area contributed by atoms with Crippen molar-refractivity contribution in [3.8, 4) is 0 Å². The van der Waals surface area contributed by atoms with Crippen LogP contribution in [0.5, 0.6) is 0 Å². The summed E-state index contributed by atoms with van der Waals surface area (Å²) in [5.74, 6) is 0. The first-order valence-corrected chi connectivity index (χ1v) is 8.68. The molecular formula is C18H24N2O6. The maximum absolute atomic E-state index is 12.6. The van der Waals surface area contributed by atoms with Gasteiger partial charge in [-0.3, -0.25) is 4.79 Å². The number of nitrogens with one attached hydrogen (secondary N) is 1. The number of fused-ring (bicyclic) bond motifs is 1. The molecule has 3 N–H and O–H groups in total. The minimum absolute atomic E-state index is 0.179. The predicted octanol–water partition coefficient (Wildman–Crippen LogP) is 1.07. The number of aliphatic hydroxyl groups excluding tert-OH is 2. The lowest BCUT2D eigenvalue weighted by molar-refractivity contribution is -0.142. The fourth-order valence-corrected chi connectivity index (χ4v) is 3.04. The Morgan fingerprint density at radius 2 is 2.04 bits per heavy atom. The summed E-state index contributed by atoms with van der Waals surface area (Å²) in [5, 5.41) is 20.4. The predicted molar refractivity (Wildman–Crippen MR) is 95.9 cm³/mol. The first-order chi connectivity index (χ1) is 12.6. The van der Waals surface area contributed by atoms with Gasteiger partial charge in [0, 0.05) is 24.3 Å². The lowest BCUT2D eigenvalue weighted by atomic mass is 10.1. The minimum atomic E-state index is -1.15. The van der Waals surface area contributed by atoms with E-state index in [1.165, 1.54) is 0 Å². The monoisotopic (exact) mass is 364 g/mol. The van der Waals surface area contributed by atoms with Crippen LogP contribution in [0.4, 0.5) is 5.69 Å². The van der Waals surface area contributed by atoms with Gasteiger partial charge in [-0.05, 0) is 37.4 Å². The van der Waals surface area contributed by atoms with Gasteiger partial charge in [-0.2, -0.15) is 0 Å². The van der Waals surface area contributed by atoms with E-state index >= 15 is 0 Å². The molecule has 3 rings (SSSR count). The number of aliphatic hydroxyl groups is 2. The smallest absolute Gasteiger partial charge is 0.256 e. The standard InChI is InChI=1S/C18H24N2O6/c1-3-24-17(25-4-2)15-7-11-5-6-12(8-14(11)16(22)19-15)20-9-13(10-21)26-18(20)23/h5-8,13,17-18,21,23H,3-4,9-10H2,1-2H3,(H,19,22)/t13-,18?/m1/s1. The third-order valence-corrected chi connectivity index (χ3v) is 4.26. The average molecular weight is 364 g/mol. The Morgan fingerprint density at radius 1 is 1.31 bits per heavy atom. The minimum Gasteiger partial charge on any atom is -0.394 e. The number of rotatable bonds is 7. The number of hydrogen-bond donors (Lipinski definition) is 3. The summed E-state index contributed by atoms with van der Waals surface area (Å²) < 4.78 is 16.3. The Balaban J connectivity index is 1.95. The molecule has 2 heterocycles. The summed E-state index contributed by atoms with van der Waals surface area (Å²) in [6.07, 6.45) is -2.23. The number of H-pyrrole nitrogens is 1. The summed E-state index contributed by atoms with van der Waals surface area (Å²) in [5.41, 5.74) is 0.936. The first kappa shape index (κ1) is 18.8. The van der Waals surface area contributed by atoms with Crippen molar-refractivity contribution < 1.29 is 24.4 Å². The molecule has 0 aliphatic carbocycles. The Morgan fingerprint density at radius 3 is 2.65 bits per heavy atom. The zero-order valence-corrected chi connectivity index (χ0v) is 14.8. The third kappa shape index (κ3) is 3.74. The van der Waals surface area contributed by atoms with Crippen molar-refractivity contribution in [1.29, 1.82) is 0 Å². The van der Waals surface area contributed by atoms with Gasteiger partial charge in [0.25, 0.3) is 5.56 Å². The van der Waals surface area contributed by atoms with Crippen molar-refractivity contribution >= 4 is 16.5 Å². The summed E-state index contributed by atoms with van der Waals surface area (Å²) in [4.78, 5) is 17.0. The van der Waals surface area contributed by atoms with E-state index in [4.69, 9.17) is 14.2 Å². The van der Waals surface area contributed by atoms with Crippen molar-refractivity contribution in [3.05, 3.63) is 40.3 Å². The number of pyridine rings is 1. The van der Waals surface area contributed by atoms with Gasteiger partial charge in [-0.15, -0.1) is 0 Å². The van der Waals surface area contributed by atoms with Crippen LogP contribution < -0.4 is 10.5 Å². The van der Waals surface area contributed by atoms with Gasteiger partial charge in [-0.1, -0.05) is 6.07 Å². The molecule has 1 unspecified atom stereocenters. The van der Waals surface area contributed by atoms with E-state index in [0.717, 1.165) is 5.39 Å². The highest BCUT2D eigenvalue weighted by atomic mass is 16.7. The quantitative estimate of drug-likeness (QED) is 0.631. The van der Waals surface area contributed by atoms with Crippen molar-refractivity contribution in [3.63, 3.8) is 0 Å². The van der Waals surface area contributed by atoms with Gasteiger partial charge < -0.3 is 34.3 Å². The summed E-state index contributed by atoms with van der Waals surface area (Å²) >= 11 is 0. The summed E-state index contributed by atoms with van der Waals surface area (Å²) in [7, 11) is 0. The molecule has 8 heteroatoms. The molecule has 0 spiro atoms. The number of aromatic nitrogens is 1. The lowest BCUT2D eigenvalue weighted by Gasteiger charge is -2.21. The van der Waals surface area contributed by atoms with Crippen LogP contribution in [0.25, 0.3) is 10.8 Å². The number of anilines is 1. The molecule has 8 nitrogen and oxygen atoms in total. The molecule has 26 heavy (non-hydrogen) atoms. The number of hydrogen-bond acceptors (Lipinski definition) is 7. The molecule has 1 aromatic carbocycles. The van der Waals surface area contributed by atoms with Gasteiger partial charge in [0.15, 0.2) is 6.29 Å². The normalized spacial score (nSPS) is 20.4. The fourth-order valence-electron chi connectivity index (χ4n) is 3.04. The molecule has 1 aromatic heterocycles. The molecular weight excluding hydrogens is 340 g/mol. The molecule has 2 aromatic rings. The highest BCUT2D eigenvalue weighted by Gasteiger charge is 2.31. The maximum atomic E-state index is 12.6. The number of benzene rings is 1. The molecule has 0 amide bonds. The van der Waals surface area contributed by atoms with Crippen molar-refractivity contribution in [2.24, 2.45) is 0 Å². The average Bonchev–Trinajstić information content (AvgIpc) is 3.02. The Kier molecular flexibility index (Phi) is 5.90. The molecule has 1 aliphatic rings. The second kappa shape index (κ2) is 8.15. The van der Waals surface area contributed by atoms with Crippen LogP contribution in [0.2, 0.25) is 0 Å². The Hall–Kier alpha value is -1.97. The molecule has 142 valence electrons. The largest absolute Gasteiger partial charge is 0.394 e. The van der Waals surface area contributed by atoms with Crippen molar-refractivity contribution in [2.45, 2.75) is 32.7 Å². The molecule has 0 bridgehead atoms. The second-order valence-corrected chi connectivity index (χ2v) is 5.99. The number of nitrogens with zero attached hydrogens (tertiary/aromatic N) is 1. The Labute approximate surface area is 150 Å². The van der Waals surface area contributed by atoms with E-state index in [0.29, 0.717) is 36.5 Å². The van der Waals surface area contributed by atoms with Crippen LogP contribution in [0.3, 0.4) is 0 Å². The van der Waals surface area contributed by atoms with E-state index in [-0.39, 0.29) is 12.2 Å². The van der Waals surface area contributed by atoms with Crippen LogP contribution in [0.15, 0.2) is 29.1 Å². The van der Waals surface area contributed by atoms with Crippen LogP contribution in [0.1, 0.15) is 25.8 Å². The van der Waals surface area contributed by atoms with Gasteiger partial charge in [0.1, 0.15) is 6.10 Å². The van der Waals surface area contributed by atoms with E-state index in [1.54, 1.807) is 23.1 Å². The van der Waals surface area contributed by atoms with E-state index in [1.807, 2.05) is 19.9 Å². The molecule has 1 saturated heterocycles. The molecule has 1 fully saturated rings. The van der Waals surface area contributed by atoms with E-state index in [9.17, 15) is 15.0 Å². The van der Waals surface area contributed by atoms with Crippen LogP contribution in [0, 0.1) is 0 Å². The van der Waals surface area contributed by atoms with E-state index in [2.05, 4.69) is 4.98 Å². The number of ether oxygens (including phenoxy) is 3. The zero-order chi connectivity index (χ0) is 18.7. The second-order valence-electron chi connectivity index (χ2n) is 5.99.